The zero-order valence-corrected chi connectivity index (χ0v) is 9.61. The van der Waals surface area contributed by atoms with Crippen molar-refractivity contribution in [1.82, 2.24) is 0 Å². The van der Waals surface area contributed by atoms with E-state index in [1.165, 1.54) is 0 Å². The lowest BCUT2D eigenvalue weighted by atomic mass is 10.3. The summed E-state index contributed by atoms with van der Waals surface area (Å²) in [6.45, 7) is 0. The van der Waals surface area contributed by atoms with Gasteiger partial charge in [0, 0.05) is 5.88 Å². The van der Waals surface area contributed by atoms with E-state index in [1.54, 1.807) is 0 Å². The van der Waals surface area contributed by atoms with Gasteiger partial charge in [-0.05, 0) is 15.9 Å². The molecule has 2 atom stereocenters. The van der Waals surface area contributed by atoms with Gasteiger partial charge in [0.2, 0.25) is 0 Å². The molecule has 11 heavy (non-hydrogen) atoms. The van der Waals surface area contributed by atoms with E-state index in [0.29, 0.717) is 0 Å². The molecule has 0 bridgehead atoms. The fourth-order valence-corrected chi connectivity index (χ4v) is 1.51. The average Bonchev–Trinajstić information content (AvgIpc) is 1.83. The second kappa shape index (κ2) is 4.03. The van der Waals surface area contributed by atoms with Crippen LogP contribution in [0.15, 0.2) is 0 Å². The molecule has 0 heterocycles. The first-order valence-corrected chi connectivity index (χ1v) is 5.00. The first kappa shape index (κ1) is 12.3. The highest BCUT2D eigenvalue weighted by molar-refractivity contribution is 9.10. The summed E-state index contributed by atoms with van der Waals surface area (Å²) in [4.78, 5) is -5.11. The Morgan fingerprint density at radius 2 is 1.73 bits per heavy atom. The number of hydrogen-bond acceptors (Lipinski definition) is 0. The minimum Gasteiger partial charge on any atom is -0.217 e. The molecule has 0 rings (SSSR count). The van der Waals surface area contributed by atoms with Gasteiger partial charge in [0.1, 0.15) is 0 Å². The summed E-state index contributed by atoms with van der Waals surface area (Å²) in [5.41, 5.74) is 0. The van der Waals surface area contributed by atoms with E-state index in [0.717, 1.165) is 0 Å². The number of hydrogen-bond donors (Lipinski definition) is 0. The van der Waals surface area contributed by atoms with E-state index >= 15 is 0 Å². The van der Waals surface area contributed by atoms with Crippen molar-refractivity contribution in [1.29, 1.82) is 0 Å². The summed E-state index contributed by atoms with van der Waals surface area (Å²) in [5, 5.41) is -3.21. The van der Waals surface area contributed by atoms with Crippen molar-refractivity contribution >= 4 is 55.1 Å². The van der Waals surface area contributed by atoms with Crippen LogP contribution in [0.5, 0.6) is 0 Å². The van der Waals surface area contributed by atoms with Crippen LogP contribution in [0.25, 0.3) is 0 Å². The average molecular weight is 339 g/mol. The normalized spacial score (nSPS) is 21.0. The van der Waals surface area contributed by atoms with E-state index < -0.39 is 14.8 Å². The summed E-state index contributed by atoms with van der Waals surface area (Å²) in [6.07, 6.45) is 0. The van der Waals surface area contributed by atoms with Gasteiger partial charge in [0.25, 0.3) is 5.13 Å². The lowest BCUT2D eigenvalue weighted by Crippen LogP contribution is -2.42. The second-order valence-corrected chi connectivity index (χ2v) is 4.70. The highest BCUT2D eigenvalue weighted by atomic mass is 79.9. The summed E-state index contributed by atoms with van der Waals surface area (Å²) >= 11 is 14.4. The fourth-order valence-electron chi connectivity index (χ4n) is 0.274. The minimum absolute atomic E-state index is 0.346. The Hall–Kier alpha value is 1.33. The Kier molecular flexibility index (Phi) is 4.51. The third-order valence-electron chi connectivity index (χ3n) is 0.907. The van der Waals surface area contributed by atoms with Crippen LogP contribution in [0.2, 0.25) is 0 Å². The van der Waals surface area contributed by atoms with Crippen LogP contribution in [0.1, 0.15) is 0 Å². The standard InChI is InChI=1S/C4H3Br2Cl2F3/c5-2(1-7)3(8,9)4(6,10)11/h2H,1H2. The number of rotatable bonds is 3. The van der Waals surface area contributed by atoms with Crippen LogP contribution in [0, 0.1) is 0 Å². The van der Waals surface area contributed by atoms with E-state index in [-0.39, 0.29) is 5.88 Å². The first-order chi connectivity index (χ1) is 4.73. The zero-order valence-electron chi connectivity index (χ0n) is 4.93. The highest BCUT2D eigenvalue weighted by Crippen LogP contribution is 2.46. The van der Waals surface area contributed by atoms with Gasteiger partial charge >= 0.3 is 4.83 Å². The molecule has 0 amide bonds. The van der Waals surface area contributed by atoms with Gasteiger partial charge in [-0.3, -0.25) is 0 Å². The quantitative estimate of drug-likeness (QED) is 0.685. The van der Waals surface area contributed by atoms with Gasteiger partial charge in [0.15, 0.2) is 0 Å². The summed E-state index contributed by atoms with van der Waals surface area (Å²) < 4.78 is 37.3. The molecule has 7 heteroatoms. The second-order valence-electron chi connectivity index (χ2n) is 1.74. The van der Waals surface area contributed by atoms with Gasteiger partial charge in [-0.1, -0.05) is 27.5 Å². The van der Waals surface area contributed by atoms with Crippen LogP contribution < -0.4 is 0 Å². The summed E-state index contributed by atoms with van der Waals surface area (Å²) in [5.74, 6) is -0.346. The van der Waals surface area contributed by atoms with Crippen LogP contribution in [-0.4, -0.2) is 20.7 Å². The Morgan fingerprint density at radius 1 is 1.36 bits per heavy atom. The van der Waals surface area contributed by atoms with Crippen molar-refractivity contribution in [3.63, 3.8) is 0 Å². The lowest BCUT2D eigenvalue weighted by Gasteiger charge is -2.26. The fraction of sp³-hybridized carbons (Fsp3) is 1.00. The molecular formula is C4H3Br2Cl2F3. The summed E-state index contributed by atoms with van der Waals surface area (Å²) in [6, 6.07) is 0. The molecular weight excluding hydrogens is 336 g/mol. The zero-order chi connectivity index (χ0) is 9.28. The minimum atomic E-state index is -3.80. The summed E-state index contributed by atoms with van der Waals surface area (Å²) in [7, 11) is 0. The molecule has 0 spiro atoms. The van der Waals surface area contributed by atoms with E-state index in [9.17, 15) is 13.2 Å². The molecule has 68 valence electrons. The monoisotopic (exact) mass is 336 g/mol. The SMILES string of the molecule is FC(F)(Br)C(F)(Cl)C(Br)CCl. The van der Waals surface area contributed by atoms with Crippen molar-refractivity contribution < 1.29 is 13.2 Å². The molecule has 0 aromatic carbocycles. The molecule has 0 aromatic rings. The molecule has 0 aliphatic rings. The molecule has 0 fully saturated rings. The molecule has 0 nitrogen and oxygen atoms in total. The molecule has 0 saturated carbocycles. The molecule has 0 aromatic heterocycles. The van der Waals surface area contributed by atoms with E-state index in [4.69, 9.17) is 23.2 Å². The van der Waals surface area contributed by atoms with Gasteiger partial charge in [-0.15, -0.1) is 11.6 Å². The Morgan fingerprint density at radius 3 is 1.82 bits per heavy atom. The van der Waals surface area contributed by atoms with Crippen molar-refractivity contribution in [3.8, 4) is 0 Å². The van der Waals surface area contributed by atoms with Crippen molar-refractivity contribution in [2.75, 3.05) is 5.88 Å². The predicted molar refractivity (Wildman–Crippen MR) is 47.0 cm³/mol. The Balaban J connectivity index is 4.45. The smallest absolute Gasteiger partial charge is 0.217 e. The van der Waals surface area contributed by atoms with Crippen LogP contribution >= 0.6 is 55.1 Å². The molecule has 0 N–H and O–H groups in total. The first-order valence-electron chi connectivity index (χ1n) is 2.38. The maximum absolute atomic E-state index is 12.8. The van der Waals surface area contributed by atoms with Gasteiger partial charge < -0.3 is 0 Å². The van der Waals surface area contributed by atoms with Crippen molar-refractivity contribution in [3.05, 3.63) is 0 Å². The van der Waals surface area contributed by atoms with E-state index in [2.05, 4.69) is 15.9 Å². The molecule has 0 aliphatic carbocycles. The Labute approximate surface area is 88.7 Å². The van der Waals surface area contributed by atoms with Crippen LogP contribution in [-0.2, 0) is 0 Å². The topological polar surface area (TPSA) is 0 Å². The van der Waals surface area contributed by atoms with Gasteiger partial charge in [-0.25, -0.2) is 4.39 Å². The Bertz CT molecular complexity index is 136. The van der Waals surface area contributed by atoms with Crippen molar-refractivity contribution in [2.45, 2.75) is 14.8 Å². The van der Waals surface area contributed by atoms with Crippen LogP contribution in [0.3, 0.4) is 0 Å². The van der Waals surface area contributed by atoms with Gasteiger partial charge in [0.05, 0.1) is 4.83 Å². The highest BCUT2D eigenvalue weighted by Gasteiger charge is 2.56. The molecule has 2 unspecified atom stereocenters. The maximum Gasteiger partial charge on any atom is 0.349 e. The third kappa shape index (κ3) is 2.94. The number of halogens is 7. The van der Waals surface area contributed by atoms with E-state index in [1.807, 2.05) is 15.9 Å². The molecule has 0 aliphatic heterocycles. The predicted octanol–water partition coefficient (Wildman–Crippen LogP) is 3.88. The molecule has 0 radical (unpaired) electrons. The third-order valence-corrected chi connectivity index (χ3v) is 4.11. The van der Waals surface area contributed by atoms with Gasteiger partial charge in [-0.2, -0.15) is 8.78 Å². The molecule has 0 saturated heterocycles. The van der Waals surface area contributed by atoms with Crippen LogP contribution in [0.4, 0.5) is 13.2 Å². The number of alkyl halides is 7. The van der Waals surface area contributed by atoms with Crippen molar-refractivity contribution in [2.24, 2.45) is 0 Å². The lowest BCUT2D eigenvalue weighted by molar-refractivity contribution is -0.00217. The largest absolute Gasteiger partial charge is 0.349 e. The maximum atomic E-state index is 12.8.